The van der Waals surface area contributed by atoms with Crippen molar-refractivity contribution in [1.29, 1.82) is 0 Å². The molecule has 3 heteroatoms. The lowest BCUT2D eigenvalue weighted by molar-refractivity contribution is 0.0377. The normalized spacial score (nSPS) is 26.5. The fourth-order valence-electron chi connectivity index (χ4n) is 2.16. The maximum atomic E-state index is 5.90. The summed E-state index contributed by atoms with van der Waals surface area (Å²) >= 11 is 5.88. The first-order valence-corrected chi connectivity index (χ1v) is 5.68. The lowest BCUT2D eigenvalue weighted by Gasteiger charge is -2.36. The van der Waals surface area contributed by atoms with E-state index in [1.165, 1.54) is 5.56 Å². The zero-order chi connectivity index (χ0) is 10.7. The highest BCUT2D eigenvalue weighted by Crippen LogP contribution is 2.32. The van der Waals surface area contributed by atoms with Gasteiger partial charge >= 0.3 is 0 Å². The molecule has 1 aromatic rings. The highest BCUT2D eigenvalue weighted by molar-refractivity contribution is 6.30. The molecule has 82 valence electrons. The van der Waals surface area contributed by atoms with Crippen molar-refractivity contribution in [3.63, 3.8) is 0 Å². The van der Waals surface area contributed by atoms with E-state index in [9.17, 15) is 0 Å². The molecule has 0 spiro atoms. The fourth-order valence-corrected chi connectivity index (χ4v) is 2.29. The van der Waals surface area contributed by atoms with Crippen LogP contribution in [0.5, 0.6) is 0 Å². The van der Waals surface area contributed by atoms with Gasteiger partial charge in [0.2, 0.25) is 0 Å². The van der Waals surface area contributed by atoms with Crippen LogP contribution >= 0.6 is 11.6 Å². The third-order valence-electron chi connectivity index (χ3n) is 3.17. The standard InChI is InChI=1S/C12H16ClNO/c13-11-4-2-10(3-5-11)12(8-14)6-1-7-15-9-12/h2-5H,1,6-9,14H2. The third-order valence-corrected chi connectivity index (χ3v) is 3.42. The van der Waals surface area contributed by atoms with Crippen molar-refractivity contribution in [2.24, 2.45) is 5.73 Å². The summed E-state index contributed by atoms with van der Waals surface area (Å²) in [5.41, 5.74) is 7.14. The van der Waals surface area contributed by atoms with Crippen LogP contribution in [0.1, 0.15) is 18.4 Å². The summed E-state index contributed by atoms with van der Waals surface area (Å²) < 4.78 is 5.55. The van der Waals surface area contributed by atoms with Gasteiger partial charge in [0.05, 0.1) is 6.61 Å². The molecule has 0 radical (unpaired) electrons. The van der Waals surface area contributed by atoms with Gasteiger partial charge in [-0.3, -0.25) is 0 Å². The quantitative estimate of drug-likeness (QED) is 0.839. The summed E-state index contributed by atoms with van der Waals surface area (Å²) in [6, 6.07) is 7.96. The second kappa shape index (κ2) is 4.52. The van der Waals surface area contributed by atoms with Crippen LogP contribution in [0.4, 0.5) is 0 Å². The van der Waals surface area contributed by atoms with Crippen LogP contribution in [0.2, 0.25) is 5.02 Å². The van der Waals surface area contributed by atoms with Crippen LogP contribution in [-0.2, 0) is 10.2 Å². The Hall–Kier alpha value is -0.570. The van der Waals surface area contributed by atoms with Crippen LogP contribution < -0.4 is 5.73 Å². The van der Waals surface area contributed by atoms with Gasteiger partial charge in [-0.25, -0.2) is 0 Å². The van der Waals surface area contributed by atoms with E-state index >= 15 is 0 Å². The van der Waals surface area contributed by atoms with Gasteiger partial charge in [0.25, 0.3) is 0 Å². The molecule has 1 saturated heterocycles. The van der Waals surface area contributed by atoms with E-state index in [1.54, 1.807) is 0 Å². The summed E-state index contributed by atoms with van der Waals surface area (Å²) in [6.07, 6.45) is 2.19. The van der Waals surface area contributed by atoms with Crippen molar-refractivity contribution in [1.82, 2.24) is 0 Å². The van der Waals surface area contributed by atoms with Crippen LogP contribution in [-0.4, -0.2) is 19.8 Å². The predicted molar refractivity (Wildman–Crippen MR) is 62.2 cm³/mol. The summed E-state index contributed by atoms with van der Waals surface area (Å²) in [6.45, 7) is 2.22. The molecule has 0 saturated carbocycles. The van der Waals surface area contributed by atoms with E-state index in [0.717, 1.165) is 31.1 Å². The summed E-state index contributed by atoms with van der Waals surface area (Å²) in [5.74, 6) is 0. The summed E-state index contributed by atoms with van der Waals surface area (Å²) in [4.78, 5) is 0. The van der Waals surface area contributed by atoms with E-state index in [2.05, 4.69) is 12.1 Å². The van der Waals surface area contributed by atoms with Crippen LogP contribution in [0.15, 0.2) is 24.3 Å². The monoisotopic (exact) mass is 225 g/mol. The molecular formula is C12H16ClNO. The number of halogens is 1. The Morgan fingerprint density at radius 1 is 1.33 bits per heavy atom. The molecule has 2 N–H and O–H groups in total. The summed E-state index contributed by atoms with van der Waals surface area (Å²) in [5, 5.41) is 0.766. The Labute approximate surface area is 95.4 Å². The largest absolute Gasteiger partial charge is 0.380 e. The minimum absolute atomic E-state index is 0.00282. The van der Waals surface area contributed by atoms with Crippen LogP contribution in [0.3, 0.4) is 0 Å². The SMILES string of the molecule is NCC1(c2ccc(Cl)cc2)CCCOC1. The van der Waals surface area contributed by atoms with Gasteiger partial charge in [-0.05, 0) is 30.5 Å². The predicted octanol–water partition coefficient (Wildman–Crippen LogP) is 2.35. The van der Waals surface area contributed by atoms with E-state index in [4.69, 9.17) is 22.1 Å². The van der Waals surface area contributed by atoms with E-state index in [-0.39, 0.29) is 5.41 Å². The minimum atomic E-state index is 0.00282. The Bertz CT molecular complexity index is 317. The van der Waals surface area contributed by atoms with Crippen molar-refractivity contribution >= 4 is 11.6 Å². The number of rotatable bonds is 2. The van der Waals surface area contributed by atoms with Crippen LogP contribution in [0, 0.1) is 0 Å². The number of benzene rings is 1. The smallest absolute Gasteiger partial charge is 0.0575 e. The molecule has 0 aromatic heterocycles. The van der Waals surface area contributed by atoms with Crippen molar-refractivity contribution < 1.29 is 4.74 Å². The molecule has 0 amide bonds. The minimum Gasteiger partial charge on any atom is -0.380 e. The maximum absolute atomic E-state index is 5.90. The lowest BCUT2D eigenvalue weighted by Crippen LogP contribution is -2.42. The second-order valence-corrected chi connectivity index (χ2v) is 4.58. The van der Waals surface area contributed by atoms with Crippen molar-refractivity contribution in [2.75, 3.05) is 19.8 Å². The summed E-state index contributed by atoms with van der Waals surface area (Å²) in [7, 11) is 0. The Kier molecular flexibility index (Phi) is 3.29. The van der Waals surface area contributed by atoms with E-state index in [0.29, 0.717) is 6.54 Å². The first kappa shape index (κ1) is 10.9. The average Bonchev–Trinajstić information content (AvgIpc) is 2.31. The zero-order valence-corrected chi connectivity index (χ0v) is 9.46. The number of hydrogen-bond acceptors (Lipinski definition) is 2. The molecule has 2 nitrogen and oxygen atoms in total. The van der Waals surface area contributed by atoms with Crippen molar-refractivity contribution in [2.45, 2.75) is 18.3 Å². The molecular weight excluding hydrogens is 210 g/mol. The van der Waals surface area contributed by atoms with Crippen molar-refractivity contribution in [3.05, 3.63) is 34.9 Å². The molecule has 1 aliphatic heterocycles. The van der Waals surface area contributed by atoms with Gasteiger partial charge in [0, 0.05) is 23.6 Å². The molecule has 15 heavy (non-hydrogen) atoms. The Morgan fingerprint density at radius 3 is 2.60 bits per heavy atom. The first-order valence-electron chi connectivity index (χ1n) is 5.31. The highest BCUT2D eigenvalue weighted by Gasteiger charge is 2.33. The molecule has 0 bridgehead atoms. The molecule has 1 aromatic carbocycles. The molecule has 2 rings (SSSR count). The molecule has 1 unspecified atom stereocenters. The number of ether oxygens (including phenoxy) is 1. The Morgan fingerprint density at radius 2 is 2.07 bits per heavy atom. The van der Waals surface area contributed by atoms with Gasteiger partial charge in [-0.1, -0.05) is 23.7 Å². The highest BCUT2D eigenvalue weighted by atomic mass is 35.5. The third kappa shape index (κ3) is 2.17. The first-order chi connectivity index (χ1) is 7.27. The molecule has 1 heterocycles. The fraction of sp³-hybridized carbons (Fsp3) is 0.500. The van der Waals surface area contributed by atoms with Gasteiger partial charge in [0.15, 0.2) is 0 Å². The Balaban J connectivity index is 2.28. The topological polar surface area (TPSA) is 35.2 Å². The van der Waals surface area contributed by atoms with Gasteiger partial charge in [-0.2, -0.15) is 0 Å². The molecule has 1 fully saturated rings. The van der Waals surface area contributed by atoms with Gasteiger partial charge < -0.3 is 10.5 Å². The zero-order valence-electron chi connectivity index (χ0n) is 8.71. The number of hydrogen-bond donors (Lipinski definition) is 1. The van der Waals surface area contributed by atoms with Gasteiger partial charge in [-0.15, -0.1) is 0 Å². The van der Waals surface area contributed by atoms with E-state index < -0.39 is 0 Å². The average molecular weight is 226 g/mol. The second-order valence-electron chi connectivity index (χ2n) is 4.15. The van der Waals surface area contributed by atoms with Crippen LogP contribution in [0.25, 0.3) is 0 Å². The lowest BCUT2D eigenvalue weighted by atomic mass is 9.76. The molecule has 0 aliphatic carbocycles. The molecule has 1 atom stereocenters. The van der Waals surface area contributed by atoms with Gasteiger partial charge in [0.1, 0.15) is 0 Å². The van der Waals surface area contributed by atoms with Crippen molar-refractivity contribution in [3.8, 4) is 0 Å². The van der Waals surface area contributed by atoms with E-state index in [1.807, 2.05) is 12.1 Å². The number of nitrogens with two attached hydrogens (primary N) is 1. The maximum Gasteiger partial charge on any atom is 0.0575 e. The molecule has 1 aliphatic rings.